The van der Waals surface area contributed by atoms with E-state index in [4.69, 9.17) is 0 Å². The van der Waals surface area contributed by atoms with Crippen molar-refractivity contribution in [3.63, 3.8) is 0 Å². The smallest absolute Gasteiger partial charge is 0.296 e. The Morgan fingerprint density at radius 3 is 2.50 bits per heavy atom. The first-order valence-corrected chi connectivity index (χ1v) is 12.6. The third kappa shape index (κ3) is 5.46. The van der Waals surface area contributed by atoms with E-state index in [0.717, 1.165) is 16.7 Å². The Kier molecular flexibility index (Phi) is 8.19. The average molecular weight is 576 g/mol. The first kappa shape index (κ1) is 29.6. The van der Waals surface area contributed by atoms with Crippen LogP contribution in [0, 0.1) is 23.0 Å². The van der Waals surface area contributed by atoms with E-state index in [1.165, 1.54) is 30.1 Å². The molecule has 0 radical (unpaired) electrons. The number of aryl methyl sites for hydroxylation is 1. The van der Waals surface area contributed by atoms with Gasteiger partial charge in [0.05, 0.1) is 23.5 Å². The van der Waals surface area contributed by atoms with E-state index in [-0.39, 0.29) is 17.3 Å². The number of nitriles is 1. The molecule has 2 N–H and O–H groups in total. The number of halogens is 2. The molecule has 216 valence electrons. The van der Waals surface area contributed by atoms with E-state index in [0.29, 0.717) is 16.7 Å². The summed E-state index contributed by atoms with van der Waals surface area (Å²) in [6.07, 6.45) is 3.28. The lowest BCUT2D eigenvalue weighted by atomic mass is 9.79. The Labute approximate surface area is 239 Å². The third-order valence-corrected chi connectivity index (χ3v) is 6.87. The number of hydrogen-bond acceptors (Lipinski definition) is 7. The quantitative estimate of drug-likeness (QED) is 0.344. The van der Waals surface area contributed by atoms with Crippen LogP contribution in [-0.2, 0) is 14.1 Å². The predicted octanol–water partition coefficient (Wildman–Crippen LogP) is 3.26. The molecular formula is C29H27F2N7O4. The number of hydrogen-bond donors (Lipinski definition) is 2. The number of amides is 2. The van der Waals surface area contributed by atoms with E-state index < -0.39 is 52.1 Å². The van der Waals surface area contributed by atoms with Gasteiger partial charge < -0.3 is 15.3 Å². The van der Waals surface area contributed by atoms with Gasteiger partial charge in [0, 0.05) is 51.8 Å². The van der Waals surface area contributed by atoms with E-state index in [2.05, 4.69) is 21.5 Å². The van der Waals surface area contributed by atoms with Crippen LogP contribution in [0.15, 0.2) is 53.6 Å². The van der Waals surface area contributed by atoms with Crippen molar-refractivity contribution in [1.82, 2.24) is 24.2 Å². The van der Waals surface area contributed by atoms with Crippen LogP contribution in [0.2, 0.25) is 0 Å². The summed E-state index contributed by atoms with van der Waals surface area (Å²) in [6, 6.07) is 9.96. The van der Waals surface area contributed by atoms with E-state index >= 15 is 0 Å². The molecule has 42 heavy (non-hydrogen) atoms. The summed E-state index contributed by atoms with van der Waals surface area (Å²) in [5.41, 5.74) is -0.531. The lowest BCUT2D eigenvalue weighted by Crippen LogP contribution is -2.30. The summed E-state index contributed by atoms with van der Waals surface area (Å²) in [5.74, 6) is -6.37. The first-order chi connectivity index (χ1) is 19.8. The van der Waals surface area contributed by atoms with Gasteiger partial charge in [-0.1, -0.05) is 13.0 Å². The van der Waals surface area contributed by atoms with Gasteiger partial charge in [-0.2, -0.15) is 10.4 Å². The Morgan fingerprint density at radius 2 is 1.88 bits per heavy atom. The van der Waals surface area contributed by atoms with Crippen LogP contribution in [0.25, 0.3) is 0 Å². The minimum Gasteiger partial charge on any atom is -0.501 e. The third-order valence-electron chi connectivity index (χ3n) is 6.87. The van der Waals surface area contributed by atoms with Crippen molar-refractivity contribution in [3.05, 3.63) is 105 Å². The van der Waals surface area contributed by atoms with Crippen molar-refractivity contribution >= 4 is 17.5 Å². The maximum absolute atomic E-state index is 14.2. The van der Waals surface area contributed by atoms with Gasteiger partial charge >= 0.3 is 0 Å². The van der Waals surface area contributed by atoms with Crippen molar-refractivity contribution in [3.8, 4) is 11.8 Å². The minimum atomic E-state index is -1.32. The van der Waals surface area contributed by atoms with Crippen molar-refractivity contribution in [2.24, 2.45) is 14.1 Å². The number of benzene rings is 2. The second-order valence-electron chi connectivity index (χ2n) is 9.91. The number of carbonyl (C=O) groups is 2. The highest BCUT2D eigenvalue weighted by Gasteiger charge is 2.32. The van der Waals surface area contributed by atoms with E-state index in [1.54, 1.807) is 51.2 Å². The Hall–Kier alpha value is -5.38. The molecule has 0 fully saturated rings. The van der Waals surface area contributed by atoms with Crippen molar-refractivity contribution in [1.29, 1.82) is 5.26 Å². The lowest BCUT2D eigenvalue weighted by molar-refractivity contribution is 0.0827. The average Bonchev–Trinajstić information content (AvgIpc) is 3.39. The summed E-state index contributed by atoms with van der Waals surface area (Å²) in [6.45, 7) is 1.70. The molecule has 4 aromatic rings. The monoisotopic (exact) mass is 575 g/mol. The number of carbonyl (C=O) groups excluding carboxylic acids is 2. The molecule has 4 rings (SSSR count). The van der Waals surface area contributed by atoms with Crippen LogP contribution in [0.4, 0.5) is 14.5 Å². The summed E-state index contributed by atoms with van der Waals surface area (Å²) in [7, 11) is 6.25. The maximum Gasteiger partial charge on any atom is 0.296 e. The van der Waals surface area contributed by atoms with Gasteiger partial charge in [-0.3, -0.25) is 23.6 Å². The number of nitrogens with one attached hydrogen (secondary N) is 1. The van der Waals surface area contributed by atoms with Crippen LogP contribution in [-0.4, -0.2) is 55.2 Å². The van der Waals surface area contributed by atoms with Gasteiger partial charge in [-0.25, -0.2) is 13.8 Å². The molecule has 2 unspecified atom stereocenters. The highest BCUT2D eigenvalue weighted by atomic mass is 19.2. The van der Waals surface area contributed by atoms with E-state index in [1.807, 2.05) is 0 Å². The molecule has 0 aliphatic carbocycles. The van der Waals surface area contributed by atoms with Gasteiger partial charge in [-0.15, -0.1) is 0 Å². The maximum atomic E-state index is 14.2. The van der Waals surface area contributed by atoms with Crippen molar-refractivity contribution in [2.75, 3.05) is 19.4 Å². The molecule has 2 amide bonds. The molecule has 13 heteroatoms. The fraction of sp³-hybridized carbons (Fsp3) is 0.241. The second kappa shape index (κ2) is 11.6. The molecule has 2 heterocycles. The Morgan fingerprint density at radius 1 is 1.17 bits per heavy atom. The van der Waals surface area contributed by atoms with Gasteiger partial charge in [-0.05, 0) is 41.5 Å². The molecule has 0 aliphatic heterocycles. The number of rotatable bonds is 7. The highest BCUT2D eigenvalue weighted by molar-refractivity contribution is 6.04. The topological polar surface area (TPSA) is 146 Å². The first-order valence-electron chi connectivity index (χ1n) is 12.6. The number of aromatic nitrogens is 4. The minimum absolute atomic E-state index is 0.0322. The molecule has 2 atom stereocenters. The molecule has 0 bridgehead atoms. The molecule has 0 saturated heterocycles. The summed E-state index contributed by atoms with van der Waals surface area (Å²) in [5, 5.41) is 26.9. The normalized spacial score (nSPS) is 12.3. The number of nitrogens with zero attached hydrogens (tertiary/aromatic N) is 6. The zero-order valence-corrected chi connectivity index (χ0v) is 23.4. The number of anilines is 1. The molecule has 0 saturated carbocycles. The fourth-order valence-corrected chi connectivity index (χ4v) is 4.75. The van der Waals surface area contributed by atoms with Crippen LogP contribution >= 0.6 is 0 Å². The Bertz CT molecular complexity index is 1810. The van der Waals surface area contributed by atoms with Crippen LogP contribution in [0.3, 0.4) is 0 Å². The largest absolute Gasteiger partial charge is 0.501 e. The van der Waals surface area contributed by atoms with Gasteiger partial charge in [0.2, 0.25) is 5.75 Å². The highest BCUT2D eigenvalue weighted by Crippen LogP contribution is 2.39. The van der Waals surface area contributed by atoms with E-state index in [9.17, 15) is 33.5 Å². The number of aromatic hydroxyl groups is 1. The van der Waals surface area contributed by atoms with Gasteiger partial charge in [0.15, 0.2) is 17.3 Å². The zero-order valence-electron chi connectivity index (χ0n) is 23.4. The lowest BCUT2D eigenvalue weighted by Gasteiger charge is -2.26. The van der Waals surface area contributed by atoms with Gasteiger partial charge in [0.25, 0.3) is 17.4 Å². The fourth-order valence-electron chi connectivity index (χ4n) is 4.75. The van der Waals surface area contributed by atoms with Crippen LogP contribution in [0.1, 0.15) is 62.1 Å². The standard InChI is InChI=1S/C29H27F2N7O4/c1-15(22(18-13-33-37(4)14-18)19-11-16(28(41)36(2)3)9-10-17(19)12-32)26-35-24(25(39)29(42)38(26)5)27(40)34-21-8-6-7-20(30)23(21)31/h6-11,13-15,22,39H,1-5H3,(H,34,40). The molecule has 0 aliphatic rings. The molecule has 0 spiro atoms. The van der Waals surface area contributed by atoms with Gasteiger partial charge in [0.1, 0.15) is 5.82 Å². The van der Waals surface area contributed by atoms with Crippen LogP contribution in [0.5, 0.6) is 5.75 Å². The van der Waals surface area contributed by atoms with Crippen molar-refractivity contribution in [2.45, 2.75) is 18.8 Å². The SMILES string of the molecule is CC(c1nc(C(=O)Nc2cccc(F)c2F)c(O)c(=O)n1C)C(c1cnn(C)c1)c1cc(C(=O)N(C)C)ccc1C#N. The van der Waals surface area contributed by atoms with Crippen molar-refractivity contribution < 1.29 is 23.5 Å². The zero-order chi connectivity index (χ0) is 30.9. The summed E-state index contributed by atoms with van der Waals surface area (Å²) < 4.78 is 30.5. The second-order valence-corrected chi connectivity index (χ2v) is 9.91. The molecule has 11 nitrogen and oxygen atoms in total. The predicted molar refractivity (Wildman–Crippen MR) is 148 cm³/mol. The van der Waals surface area contributed by atoms with Crippen LogP contribution < -0.4 is 10.9 Å². The molecule has 2 aromatic carbocycles. The molecular weight excluding hydrogens is 548 g/mol. The Balaban J connectivity index is 1.89. The molecule has 2 aromatic heterocycles. The summed E-state index contributed by atoms with van der Waals surface area (Å²) >= 11 is 0. The summed E-state index contributed by atoms with van der Waals surface area (Å²) in [4.78, 5) is 44.6.